The van der Waals surface area contributed by atoms with Crippen LogP contribution in [0.1, 0.15) is 12.0 Å². The van der Waals surface area contributed by atoms with Gasteiger partial charge in [0.05, 0.1) is 12.4 Å². The van der Waals surface area contributed by atoms with Crippen molar-refractivity contribution in [2.45, 2.75) is 13.0 Å². The van der Waals surface area contributed by atoms with Gasteiger partial charge in [-0.15, -0.1) is 0 Å². The third-order valence-electron chi connectivity index (χ3n) is 2.31. The normalized spacial score (nSPS) is 11.5. The third kappa shape index (κ3) is 5.84. The number of hydrogen-bond donors (Lipinski definition) is 1. The maximum atomic E-state index is 11.0. The van der Waals surface area contributed by atoms with Gasteiger partial charge in [-0.05, 0) is 37.2 Å². The van der Waals surface area contributed by atoms with E-state index in [1.165, 1.54) is 6.26 Å². The number of halogens is 1. The van der Waals surface area contributed by atoms with Crippen molar-refractivity contribution in [2.24, 2.45) is 0 Å². The van der Waals surface area contributed by atoms with E-state index >= 15 is 0 Å². The number of benzene rings is 1. The summed E-state index contributed by atoms with van der Waals surface area (Å²) in [7, 11) is -1.02. The van der Waals surface area contributed by atoms with Crippen LogP contribution >= 0.6 is 15.9 Å². The molecule has 0 saturated heterocycles. The molecule has 4 nitrogen and oxygen atoms in total. The quantitative estimate of drug-likeness (QED) is 0.774. The molecule has 0 heterocycles. The highest BCUT2D eigenvalue weighted by Crippen LogP contribution is 2.22. The molecule has 1 N–H and O–H groups in total. The second kappa shape index (κ2) is 7.11. The lowest BCUT2D eigenvalue weighted by Crippen LogP contribution is -2.09. The summed E-state index contributed by atoms with van der Waals surface area (Å²) in [5, 5.41) is 3.07. The maximum Gasteiger partial charge on any atom is 0.147 e. The molecule has 0 saturated carbocycles. The van der Waals surface area contributed by atoms with Crippen molar-refractivity contribution in [3.63, 3.8) is 0 Å². The number of rotatable bonds is 7. The summed E-state index contributed by atoms with van der Waals surface area (Å²) in [4.78, 5) is 0. The van der Waals surface area contributed by atoms with Gasteiger partial charge < -0.3 is 10.1 Å². The minimum absolute atomic E-state index is 0.160. The second-order valence-corrected chi connectivity index (χ2v) is 7.23. The van der Waals surface area contributed by atoms with Crippen LogP contribution in [0.5, 0.6) is 5.75 Å². The van der Waals surface area contributed by atoms with E-state index in [2.05, 4.69) is 21.2 Å². The van der Waals surface area contributed by atoms with Crippen LogP contribution in [0.15, 0.2) is 22.7 Å². The van der Waals surface area contributed by atoms with Crippen molar-refractivity contribution in [1.29, 1.82) is 0 Å². The Labute approximate surface area is 117 Å². The Kier molecular flexibility index (Phi) is 6.11. The van der Waals surface area contributed by atoms with Gasteiger partial charge in [0.15, 0.2) is 0 Å². The summed E-state index contributed by atoms with van der Waals surface area (Å²) in [6, 6.07) is 5.74. The molecule has 0 radical (unpaired) electrons. The van der Waals surface area contributed by atoms with Crippen LogP contribution in [-0.2, 0) is 16.4 Å². The van der Waals surface area contributed by atoms with Crippen LogP contribution in [0.4, 0.5) is 0 Å². The number of sulfone groups is 1. The molecule has 1 aromatic carbocycles. The van der Waals surface area contributed by atoms with E-state index in [4.69, 9.17) is 4.74 Å². The predicted molar refractivity (Wildman–Crippen MR) is 76.7 cm³/mol. The van der Waals surface area contributed by atoms with E-state index in [9.17, 15) is 8.42 Å². The summed E-state index contributed by atoms with van der Waals surface area (Å²) in [6.07, 6.45) is 1.74. The van der Waals surface area contributed by atoms with E-state index in [-0.39, 0.29) is 5.75 Å². The molecule has 0 unspecified atom stereocenters. The lowest BCUT2D eigenvalue weighted by atomic mass is 10.2. The molecule has 1 aromatic rings. The summed E-state index contributed by atoms with van der Waals surface area (Å²) >= 11 is 3.46. The smallest absolute Gasteiger partial charge is 0.147 e. The van der Waals surface area contributed by atoms with E-state index in [1.54, 1.807) is 0 Å². The Morgan fingerprint density at radius 2 is 2.11 bits per heavy atom. The number of ether oxygens (including phenoxy) is 1. The first kappa shape index (κ1) is 15.5. The summed E-state index contributed by atoms with van der Waals surface area (Å²) in [5.41, 5.74) is 1.11. The van der Waals surface area contributed by atoms with Crippen LogP contribution < -0.4 is 10.1 Å². The van der Waals surface area contributed by atoms with Crippen LogP contribution in [0.2, 0.25) is 0 Å². The van der Waals surface area contributed by atoms with Crippen LogP contribution in [0.3, 0.4) is 0 Å². The van der Waals surface area contributed by atoms with Crippen LogP contribution in [-0.4, -0.2) is 34.1 Å². The van der Waals surface area contributed by atoms with E-state index in [0.717, 1.165) is 22.3 Å². The number of hydrogen-bond acceptors (Lipinski definition) is 4. The molecule has 102 valence electrons. The molecule has 0 aliphatic rings. The molecule has 0 aliphatic heterocycles. The lowest BCUT2D eigenvalue weighted by molar-refractivity contribution is 0.317. The molecule has 0 spiro atoms. The Morgan fingerprint density at radius 3 is 2.72 bits per heavy atom. The number of nitrogens with one attached hydrogen (secondary N) is 1. The van der Waals surface area contributed by atoms with Gasteiger partial charge in [-0.25, -0.2) is 8.42 Å². The largest absolute Gasteiger partial charge is 0.494 e. The van der Waals surface area contributed by atoms with Gasteiger partial charge in [0.2, 0.25) is 0 Å². The summed E-state index contributed by atoms with van der Waals surface area (Å²) in [6.45, 7) is 1.16. The molecule has 0 atom stereocenters. The molecular formula is C12H18BrNO3S. The topological polar surface area (TPSA) is 55.4 Å². The summed E-state index contributed by atoms with van der Waals surface area (Å²) in [5.74, 6) is 0.921. The predicted octanol–water partition coefficient (Wildman–Crippen LogP) is 1.98. The van der Waals surface area contributed by atoms with E-state index < -0.39 is 9.84 Å². The highest BCUT2D eigenvalue weighted by Gasteiger charge is 2.04. The average molecular weight is 336 g/mol. The molecule has 1 rings (SSSR count). The maximum absolute atomic E-state index is 11.0. The molecule has 0 bridgehead atoms. The van der Waals surface area contributed by atoms with Gasteiger partial charge in [0.25, 0.3) is 0 Å². The lowest BCUT2D eigenvalue weighted by Gasteiger charge is -2.09. The fourth-order valence-corrected chi connectivity index (χ4v) is 2.51. The first-order valence-electron chi connectivity index (χ1n) is 5.66. The molecule has 6 heteroatoms. The zero-order valence-electron chi connectivity index (χ0n) is 10.6. The van der Waals surface area contributed by atoms with Crippen molar-refractivity contribution in [3.05, 3.63) is 28.2 Å². The van der Waals surface area contributed by atoms with Crippen molar-refractivity contribution >= 4 is 25.8 Å². The van der Waals surface area contributed by atoms with Crippen molar-refractivity contribution in [3.8, 4) is 5.75 Å². The van der Waals surface area contributed by atoms with E-state index in [0.29, 0.717) is 13.0 Å². The van der Waals surface area contributed by atoms with Gasteiger partial charge in [-0.1, -0.05) is 15.9 Å². The Morgan fingerprint density at radius 1 is 1.39 bits per heavy atom. The molecule has 0 amide bonds. The fraction of sp³-hybridized carbons (Fsp3) is 0.500. The van der Waals surface area contributed by atoms with Crippen molar-refractivity contribution in [1.82, 2.24) is 5.32 Å². The SMILES string of the molecule is CNCc1cc(OCCCS(C)(=O)=O)ccc1Br. The first-order valence-corrected chi connectivity index (χ1v) is 8.51. The zero-order valence-corrected chi connectivity index (χ0v) is 13.0. The minimum atomic E-state index is -2.90. The average Bonchev–Trinajstić information content (AvgIpc) is 2.28. The molecule has 0 fully saturated rings. The minimum Gasteiger partial charge on any atom is -0.494 e. The van der Waals surface area contributed by atoms with Gasteiger partial charge in [-0.2, -0.15) is 0 Å². The van der Waals surface area contributed by atoms with Crippen molar-refractivity contribution in [2.75, 3.05) is 25.7 Å². The summed E-state index contributed by atoms with van der Waals surface area (Å²) < 4.78 is 28.5. The third-order valence-corrected chi connectivity index (χ3v) is 4.12. The van der Waals surface area contributed by atoms with Gasteiger partial charge in [0.1, 0.15) is 15.6 Å². The second-order valence-electron chi connectivity index (χ2n) is 4.12. The van der Waals surface area contributed by atoms with Crippen molar-refractivity contribution < 1.29 is 13.2 Å². The van der Waals surface area contributed by atoms with Gasteiger partial charge >= 0.3 is 0 Å². The highest BCUT2D eigenvalue weighted by atomic mass is 79.9. The van der Waals surface area contributed by atoms with E-state index in [1.807, 2.05) is 25.2 Å². The highest BCUT2D eigenvalue weighted by molar-refractivity contribution is 9.10. The Balaban J connectivity index is 2.50. The Hall–Kier alpha value is -0.590. The van der Waals surface area contributed by atoms with Gasteiger partial charge in [0, 0.05) is 17.3 Å². The van der Waals surface area contributed by atoms with Crippen LogP contribution in [0, 0.1) is 0 Å². The molecule has 0 aliphatic carbocycles. The van der Waals surface area contributed by atoms with Gasteiger partial charge in [-0.3, -0.25) is 0 Å². The van der Waals surface area contributed by atoms with Crippen LogP contribution in [0.25, 0.3) is 0 Å². The Bertz CT molecular complexity index is 488. The zero-order chi connectivity index (χ0) is 13.6. The molecule has 0 aromatic heterocycles. The molecular weight excluding hydrogens is 318 g/mol. The molecule has 18 heavy (non-hydrogen) atoms. The monoisotopic (exact) mass is 335 g/mol. The standard InChI is InChI=1S/C12H18BrNO3S/c1-14-9-10-8-11(4-5-12(10)13)17-6-3-7-18(2,15)16/h4-5,8,14H,3,6-7,9H2,1-2H3. The fourth-order valence-electron chi connectivity index (χ4n) is 1.48. The first-order chi connectivity index (χ1) is 8.42.